The Morgan fingerprint density at radius 3 is 2.54 bits per heavy atom. The van der Waals surface area contributed by atoms with Gasteiger partial charge >= 0.3 is 0 Å². The van der Waals surface area contributed by atoms with Crippen LogP contribution in [0, 0.1) is 0 Å². The molecule has 0 unspecified atom stereocenters. The maximum absolute atomic E-state index is 12.0. The van der Waals surface area contributed by atoms with E-state index in [-0.39, 0.29) is 10.6 Å². The van der Waals surface area contributed by atoms with E-state index in [4.69, 9.17) is 27.9 Å². The average Bonchev–Trinajstić information content (AvgIpc) is 2.58. The monoisotopic (exact) mass is 364 g/mol. The normalized spacial score (nSPS) is 10.5. The van der Waals surface area contributed by atoms with Crippen molar-refractivity contribution in [1.29, 1.82) is 0 Å². The zero-order valence-electron chi connectivity index (χ0n) is 12.7. The molecule has 5 nitrogen and oxygen atoms in total. The summed E-state index contributed by atoms with van der Waals surface area (Å²) in [6, 6.07) is 11.7. The number of benzene rings is 2. The molecule has 0 aliphatic rings. The Hall–Kier alpha value is -2.50. The summed E-state index contributed by atoms with van der Waals surface area (Å²) in [5.74, 6) is -0.409. The predicted molar refractivity (Wildman–Crippen MR) is 94.1 cm³/mol. The molecule has 0 atom stereocenters. The first kappa shape index (κ1) is 17.8. The number of para-hydroxylation sites is 1. The van der Waals surface area contributed by atoms with Crippen LogP contribution < -0.4 is 15.6 Å². The van der Waals surface area contributed by atoms with Gasteiger partial charge in [0.25, 0.3) is 11.8 Å². The minimum atomic E-state index is -0.546. The minimum Gasteiger partial charge on any atom is -0.496 e. The van der Waals surface area contributed by atoms with Gasteiger partial charge in [0.2, 0.25) is 0 Å². The number of nitrogens with one attached hydrogen (secondary N) is 2. The van der Waals surface area contributed by atoms with Gasteiger partial charge in [-0.15, -0.1) is 0 Å². The first-order valence-corrected chi connectivity index (χ1v) is 7.63. The third-order valence-corrected chi connectivity index (χ3v) is 3.58. The molecule has 24 heavy (non-hydrogen) atoms. The molecular weight excluding hydrogens is 351 g/mol. The van der Waals surface area contributed by atoms with E-state index in [0.29, 0.717) is 10.8 Å². The van der Waals surface area contributed by atoms with Crippen molar-refractivity contribution in [3.8, 4) is 5.75 Å². The maximum Gasteiger partial charge on any atom is 0.271 e. The number of hydrazine groups is 1. The summed E-state index contributed by atoms with van der Waals surface area (Å²) in [4.78, 5) is 23.7. The third-order valence-electron chi connectivity index (χ3n) is 3.03. The summed E-state index contributed by atoms with van der Waals surface area (Å²) in [5, 5.41) is 0.610. The Kier molecular flexibility index (Phi) is 6.23. The highest BCUT2D eigenvalue weighted by Crippen LogP contribution is 2.20. The fraction of sp³-hybridized carbons (Fsp3) is 0.0588. The number of hydrogen-bond donors (Lipinski definition) is 2. The molecule has 0 radical (unpaired) electrons. The van der Waals surface area contributed by atoms with Crippen LogP contribution in [-0.4, -0.2) is 18.9 Å². The molecule has 2 amide bonds. The molecule has 0 aromatic heterocycles. The van der Waals surface area contributed by atoms with Crippen LogP contribution in [-0.2, 0) is 4.79 Å². The van der Waals surface area contributed by atoms with Gasteiger partial charge in [0, 0.05) is 16.7 Å². The van der Waals surface area contributed by atoms with Gasteiger partial charge in [-0.05, 0) is 30.3 Å². The predicted octanol–water partition coefficient (Wildman–Crippen LogP) is 3.48. The van der Waals surface area contributed by atoms with Crippen LogP contribution in [0.5, 0.6) is 5.75 Å². The van der Waals surface area contributed by atoms with Crippen molar-refractivity contribution >= 4 is 41.1 Å². The number of halogens is 2. The van der Waals surface area contributed by atoms with Crippen LogP contribution in [0.25, 0.3) is 6.08 Å². The van der Waals surface area contributed by atoms with Crippen LogP contribution in [0.4, 0.5) is 0 Å². The zero-order chi connectivity index (χ0) is 17.5. The summed E-state index contributed by atoms with van der Waals surface area (Å²) in [6.07, 6.45) is 2.86. The number of hydrogen-bond acceptors (Lipinski definition) is 3. The van der Waals surface area contributed by atoms with E-state index < -0.39 is 11.8 Å². The van der Waals surface area contributed by atoms with Gasteiger partial charge in [0.05, 0.1) is 17.7 Å². The molecule has 0 saturated heterocycles. The second-order valence-corrected chi connectivity index (χ2v) is 5.49. The number of carbonyl (C=O) groups is 2. The lowest BCUT2D eigenvalue weighted by atomic mass is 10.2. The molecule has 0 saturated carbocycles. The number of ether oxygens (including phenoxy) is 1. The van der Waals surface area contributed by atoms with E-state index in [9.17, 15) is 9.59 Å². The fourth-order valence-electron chi connectivity index (χ4n) is 1.87. The number of methoxy groups -OCH3 is 1. The molecule has 2 aromatic rings. The molecule has 0 spiro atoms. The van der Waals surface area contributed by atoms with E-state index >= 15 is 0 Å². The largest absolute Gasteiger partial charge is 0.496 e. The van der Waals surface area contributed by atoms with Crippen LogP contribution in [0.1, 0.15) is 15.9 Å². The lowest BCUT2D eigenvalue weighted by molar-refractivity contribution is -0.117. The first-order valence-electron chi connectivity index (χ1n) is 6.87. The molecule has 2 aromatic carbocycles. The lowest BCUT2D eigenvalue weighted by Gasteiger charge is -2.07. The van der Waals surface area contributed by atoms with Crippen LogP contribution in [0.3, 0.4) is 0 Å². The molecular formula is C17H14Cl2N2O3. The Balaban J connectivity index is 1.95. The van der Waals surface area contributed by atoms with E-state index in [1.807, 2.05) is 12.1 Å². The summed E-state index contributed by atoms with van der Waals surface area (Å²) in [6.45, 7) is 0. The van der Waals surface area contributed by atoms with Crippen molar-refractivity contribution < 1.29 is 14.3 Å². The Morgan fingerprint density at radius 1 is 1.08 bits per heavy atom. The quantitative estimate of drug-likeness (QED) is 0.644. The highest BCUT2D eigenvalue weighted by molar-refractivity contribution is 6.36. The van der Waals surface area contributed by atoms with Crippen molar-refractivity contribution in [3.63, 3.8) is 0 Å². The summed E-state index contributed by atoms with van der Waals surface area (Å²) in [5.41, 5.74) is 5.49. The van der Waals surface area contributed by atoms with Crippen LogP contribution in [0.2, 0.25) is 10.0 Å². The molecule has 124 valence electrons. The van der Waals surface area contributed by atoms with Crippen molar-refractivity contribution in [2.45, 2.75) is 0 Å². The standard InChI is InChI=1S/C17H14Cl2N2O3/c1-24-15-5-3-2-4-11(15)6-9-16(22)20-21-17(23)13-8-7-12(18)10-14(13)19/h2-10H,1H3,(H,20,22)(H,21,23). The van der Waals surface area contributed by atoms with Gasteiger partial charge in [0.15, 0.2) is 0 Å². The van der Waals surface area contributed by atoms with Crippen LogP contribution in [0.15, 0.2) is 48.5 Å². The summed E-state index contributed by atoms with van der Waals surface area (Å²) in [7, 11) is 1.54. The van der Waals surface area contributed by atoms with Gasteiger partial charge < -0.3 is 4.74 Å². The molecule has 2 N–H and O–H groups in total. The van der Waals surface area contributed by atoms with E-state index in [0.717, 1.165) is 5.56 Å². The first-order chi connectivity index (χ1) is 11.5. The Labute approximate surface area is 149 Å². The van der Waals surface area contributed by atoms with Gasteiger partial charge in [-0.25, -0.2) is 0 Å². The van der Waals surface area contributed by atoms with Gasteiger partial charge in [-0.3, -0.25) is 20.4 Å². The molecule has 0 bridgehead atoms. The van der Waals surface area contributed by atoms with Gasteiger partial charge in [0.1, 0.15) is 5.75 Å². The maximum atomic E-state index is 12.0. The highest BCUT2D eigenvalue weighted by atomic mass is 35.5. The second kappa shape index (κ2) is 8.38. The van der Waals surface area contributed by atoms with E-state index in [1.165, 1.54) is 24.3 Å². The number of amides is 2. The Bertz CT molecular complexity index is 791. The average molecular weight is 365 g/mol. The lowest BCUT2D eigenvalue weighted by Crippen LogP contribution is -2.40. The fourth-order valence-corrected chi connectivity index (χ4v) is 2.36. The number of carbonyl (C=O) groups excluding carboxylic acids is 2. The molecule has 0 aliphatic heterocycles. The van der Waals surface area contributed by atoms with Gasteiger partial charge in [-0.1, -0.05) is 41.4 Å². The zero-order valence-corrected chi connectivity index (χ0v) is 14.2. The van der Waals surface area contributed by atoms with Crippen LogP contribution >= 0.6 is 23.2 Å². The molecule has 2 rings (SSSR count). The summed E-state index contributed by atoms with van der Waals surface area (Å²) < 4.78 is 5.18. The van der Waals surface area contributed by atoms with E-state index in [2.05, 4.69) is 10.9 Å². The highest BCUT2D eigenvalue weighted by Gasteiger charge is 2.11. The summed E-state index contributed by atoms with van der Waals surface area (Å²) >= 11 is 11.7. The minimum absolute atomic E-state index is 0.193. The molecule has 7 heteroatoms. The topological polar surface area (TPSA) is 67.4 Å². The van der Waals surface area contributed by atoms with Crippen molar-refractivity contribution in [2.24, 2.45) is 0 Å². The number of rotatable bonds is 4. The molecule has 0 aliphatic carbocycles. The van der Waals surface area contributed by atoms with Gasteiger partial charge in [-0.2, -0.15) is 0 Å². The Morgan fingerprint density at radius 2 is 1.83 bits per heavy atom. The van der Waals surface area contributed by atoms with Crippen molar-refractivity contribution in [3.05, 3.63) is 69.7 Å². The second-order valence-electron chi connectivity index (χ2n) is 4.64. The van der Waals surface area contributed by atoms with Crippen molar-refractivity contribution in [2.75, 3.05) is 7.11 Å². The van der Waals surface area contributed by atoms with Crippen molar-refractivity contribution in [1.82, 2.24) is 10.9 Å². The smallest absolute Gasteiger partial charge is 0.271 e. The van der Waals surface area contributed by atoms with E-state index in [1.54, 1.807) is 25.3 Å². The third kappa shape index (κ3) is 4.75. The molecule has 0 heterocycles. The SMILES string of the molecule is COc1ccccc1C=CC(=O)NNC(=O)c1ccc(Cl)cc1Cl. The molecule has 0 fully saturated rings.